The van der Waals surface area contributed by atoms with Gasteiger partial charge in [0.2, 0.25) is 0 Å². The molecule has 0 aromatic heterocycles. The molecule has 0 heterocycles. The van der Waals surface area contributed by atoms with Crippen molar-refractivity contribution in [3.63, 3.8) is 0 Å². The summed E-state index contributed by atoms with van der Waals surface area (Å²) in [5.41, 5.74) is 1.77. The van der Waals surface area contributed by atoms with Gasteiger partial charge in [0.1, 0.15) is 5.69 Å². The molecule has 0 aliphatic carbocycles. The van der Waals surface area contributed by atoms with Crippen LogP contribution in [0.25, 0.3) is 0 Å². The van der Waals surface area contributed by atoms with E-state index in [-0.39, 0.29) is 11.3 Å². The van der Waals surface area contributed by atoms with Gasteiger partial charge in [-0.25, -0.2) is 4.79 Å². The predicted octanol–water partition coefficient (Wildman–Crippen LogP) is 3.37. The van der Waals surface area contributed by atoms with Gasteiger partial charge in [0.15, 0.2) is 0 Å². The van der Waals surface area contributed by atoms with E-state index >= 15 is 0 Å². The highest BCUT2D eigenvalue weighted by atomic mass is 16.6. The van der Waals surface area contributed by atoms with Gasteiger partial charge in [-0.3, -0.25) is 14.9 Å². The van der Waals surface area contributed by atoms with E-state index in [1.54, 1.807) is 19.1 Å². The molecule has 2 rings (SSSR count). The number of amides is 1. The normalized spacial score (nSPS) is 10.1. The number of nitro groups is 1. The van der Waals surface area contributed by atoms with Crippen LogP contribution in [-0.4, -0.2) is 30.5 Å². The van der Waals surface area contributed by atoms with Crippen LogP contribution >= 0.6 is 0 Å². The number of nitro benzene ring substituents is 1. The van der Waals surface area contributed by atoms with Crippen LogP contribution in [0.3, 0.4) is 0 Å². The number of carbonyl (C=O) groups is 2. The van der Waals surface area contributed by atoms with Crippen molar-refractivity contribution in [1.29, 1.82) is 0 Å². The molecule has 8 nitrogen and oxygen atoms in total. The lowest BCUT2D eigenvalue weighted by atomic mass is 10.1. The zero-order chi connectivity index (χ0) is 19.3. The van der Waals surface area contributed by atoms with E-state index in [2.05, 4.69) is 15.4 Å². The summed E-state index contributed by atoms with van der Waals surface area (Å²) in [5.74, 6) is -1.03. The molecule has 2 aromatic rings. The number of carbonyl (C=O) groups excluding carboxylic acids is 2. The number of nitrogens with one attached hydrogen (secondary N) is 2. The molecule has 0 bridgehead atoms. The van der Waals surface area contributed by atoms with Crippen molar-refractivity contribution in [1.82, 2.24) is 0 Å². The summed E-state index contributed by atoms with van der Waals surface area (Å²) in [5, 5.41) is 16.8. The van der Waals surface area contributed by atoms with Crippen molar-refractivity contribution < 1.29 is 19.2 Å². The van der Waals surface area contributed by atoms with Crippen LogP contribution in [0.4, 0.5) is 17.1 Å². The second-order valence-corrected chi connectivity index (χ2v) is 5.49. The van der Waals surface area contributed by atoms with Crippen molar-refractivity contribution in [2.45, 2.75) is 13.8 Å². The van der Waals surface area contributed by atoms with Crippen molar-refractivity contribution in [2.24, 2.45) is 0 Å². The second-order valence-electron chi connectivity index (χ2n) is 5.49. The number of hydrogen-bond donors (Lipinski definition) is 2. The largest absolute Gasteiger partial charge is 0.465 e. The quantitative estimate of drug-likeness (QED) is 0.466. The van der Waals surface area contributed by atoms with Crippen molar-refractivity contribution in [2.75, 3.05) is 24.3 Å². The Morgan fingerprint density at radius 3 is 2.42 bits per heavy atom. The van der Waals surface area contributed by atoms with Crippen LogP contribution < -0.4 is 10.6 Å². The molecule has 0 fully saturated rings. The standard InChI is InChI=1S/C18H19N3O5/c1-4-19-14-8-7-12(10-16(14)21(24)25)17(22)20-15-9-13(18(23)26-3)6-5-11(15)2/h5-10,19H,4H2,1-3H3,(H,20,22). The summed E-state index contributed by atoms with van der Waals surface area (Å²) in [6.45, 7) is 4.11. The smallest absolute Gasteiger partial charge is 0.337 e. The van der Waals surface area contributed by atoms with E-state index in [9.17, 15) is 19.7 Å². The molecule has 0 saturated heterocycles. The minimum Gasteiger partial charge on any atom is -0.465 e. The summed E-state index contributed by atoms with van der Waals surface area (Å²) in [7, 11) is 1.27. The van der Waals surface area contributed by atoms with Gasteiger partial charge in [-0.05, 0) is 43.7 Å². The van der Waals surface area contributed by atoms with Crippen LogP contribution in [-0.2, 0) is 4.74 Å². The third kappa shape index (κ3) is 4.15. The van der Waals surface area contributed by atoms with Crippen LogP contribution in [0.5, 0.6) is 0 Å². The van der Waals surface area contributed by atoms with Crippen LogP contribution in [0, 0.1) is 17.0 Å². The van der Waals surface area contributed by atoms with E-state index in [4.69, 9.17) is 0 Å². The first kappa shape index (κ1) is 18.9. The molecule has 8 heteroatoms. The first-order valence-electron chi connectivity index (χ1n) is 7.90. The zero-order valence-corrected chi connectivity index (χ0v) is 14.7. The SMILES string of the molecule is CCNc1ccc(C(=O)Nc2cc(C(=O)OC)ccc2C)cc1[N+](=O)[O-]. The highest BCUT2D eigenvalue weighted by Gasteiger charge is 2.18. The number of aryl methyl sites for hydroxylation is 1. The fourth-order valence-electron chi connectivity index (χ4n) is 2.36. The topological polar surface area (TPSA) is 111 Å². The van der Waals surface area contributed by atoms with Gasteiger partial charge in [0.25, 0.3) is 11.6 Å². The minimum absolute atomic E-state index is 0.140. The molecule has 0 aliphatic rings. The van der Waals surface area contributed by atoms with E-state index in [1.165, 1.54) is 31.4 Å². The number of benzene rings is 2. The van der Waals surface area contributed by atoms with Crippen molar-refractivity contribution >= 4 is 28.9 Å². The van der Waals surface area contributed by atoms with Gasteiger partial charge in [-0.1, -0.05) is 6.07 Å². The maximum atomic E-state index is 12.5. The first-order chi connectivity index (χ1) is 12.4. The summed E-state index contributed by atoms with van der Waals surface area (Å²) < 4.78 is 4.67. The Kier molecular flexibility index (Phi) is 5.90. The molecule has 26 heavy (non-hydrogen) atoms. The van der Waals surface area contributed by atoms with E-state index < -0.39 is 16.8 Å². The maximum absolute atomic E-state index is 12.5. The molecule has 0 atom stereocenters. The number of nitrogens with zero attached hydrogens (tertiary/aromatic N) is 1. The highest BCUT2D eigenvalue weighted by Crippen LogP contribution is 2.26. The fourth-order valence-corrected chi connectivity index (χ4v) is 2.36. The number of esters is 1. The molecule has 0 aliphatic heterocycles. The Morgan fingerprint density at radius 2 is 1.81 bits per heavy atom. The number of anilines is 2. The van der Waals surface area contributed by atoms with Gasteiger partial charge < -0.3 is 15.4 Å². The van der Waals surface area contributed by atoms with E-state index in [1.807, 2.05) is 6.92 Å². The minimum atomic E-state index is -0.544. The van der Waals surface area contributed by atoms with Gasteiger partial charge in [0, 0.05) is 23.9 Å². The third-order valence-electron chi connectivity index (χ3n) is 3.73. The molecular formula is C18H19N3O5. The molecule has 136 valence electrons. The second kappa shape index (κ2) is 8.11. The molecule has 2 N–H and O–H groups in total. The lowest BCUT2D eigenvalue weighted by Gasteiger charge is -2.11. The van der Waals surface area contributed by atoms with Crippen molar-refractivity contribution in [3.05, 3.63) is 63.2 Å². The monoisotopic (exact) mass is 357 g/mol. The van der Waals surface area contributed by atoms with Gasteiger partial charge >= 0.3 is 5.97 Å². The Balaban J connectivity index is 2.31. The van der Waals surface area contributed by atoms with E-state index in [0.29, 0.717) is 23.5 Å². The number of methoxy groups -OCH3 is 1. The molecule has 2 aromatic carbocycles. The average Bonchev–Trinajstić information content (AvgIpc) is 2.63. The lowest BCUT2D eigenvalue weighted by molar-refractivity contribution is -0.384. The molecular weight excluding hydrogens is 338 g/mol. The van der Waals surface area contributed by atoms with Gasteiger partial charge in [0.05, 0.1) is 17.6 Å². The molecule has 0 radical (unpaired) electrons. The fraction of sp³-hybridized carbons (Fsp3) is 0.222. The van der Waals surface area contributed by atoms with Gasteiger partial charge in [-0.15, -0.1) is 0 Å². The number of rotatable bonds is 6. The summed E-state index contributed by atoms with van der Waals surface area (Å²) in [6.07, 6.45) is 0. The molecule has 0 unspecified atom stereocenters. The Hall–Kier alpha value is -3.42. The number of ether oxygens (including phenoxy) is 1. The van der Waals surface area contributed by atoms with Crippen LogP contribution in [0.2, 0.25) is 0 Å². The maximum Gasteiger partial charge on any atom is 0.337 e. The predicted molar refractivity (Wildman–Crippen MR) is 97.7 cm³/mol. The zero-order valence-electron chi connectivity index (χ0n) is 14.7. The Morgan fingerprint density at radius 1 is 1.12 bits per heavy atom. The van der Waals surface area contributed by atoms with Crippen LogP contribution in [0.15, 0.2) is 36.4 Å². The molecule has 0 saturated carbocycles. The Labute approximate surface area is 150 Å². The summed E-state index contributed by atoms with van der Waals surface area (Å²) >= 11 is 0. The van der Waals surface area contributed by atoms with Crippen molar-refractivity contribution in [3.8, 4) is 0 Å². The average molecular weight is 357 g/mol. The molecule has 0 spiro atoms. The third-order valence-corrected chi connectivity index (χ3v) is 3.73. The highest BCUT2D eigenvalue weighted by molar-refractivity contribution is 6.06. The van der Waals surface area contributed by atoms with Gasteiger partial charge in [-0.2, -0.15) is 0 Å². The summed E-state index contributed by atoms with van der Waals surface area (Å²) in [6, 6.07) is 8.98. The first-order valence-corrected chi connectivity index (χ1v) is 7.90. The Bertz CT molecular complexity index is 864. The summed E-state index contributed by atoms with van der Waals surface area (Å²) in [4.78, 5) is 34.8. The molecule has 1 amide bonds. The lowest BCUT2D eigenvalue weighted by Crippen LogP contribution is -2.14. The van der Waals surface area contributed by atoms with Crippen LogP contribution in [0.1, 0.15) is 33.2 Å². The number of hydrogen-bond acceptors (Lipinski definition) is 6. The van der Waals surface area contributed by atoms with E-state index in [0.717, 1.165) is 5.56 Å².